The van der Waals surface area contributed by atoms with Crippen molar-refractivity contribution in [3.8, 4) is 0 Å². The van der Waals surface area contributed by atoms with Gasteiger partial charge >= 0.3 is 0 Å². The molecular weight excluding hydrogens is 300 g/mol. The van der Waals surface area contributed by atoms with Gasteiger partial charge in [0.15, 0.2) is 0 Å². The van der Waals surface area contributed by atoms with E-state index < -0.39 is 5.60 Å². The van der Waals surface area contributed by atoms with Gasteiger partial charge in [-0.2, -0.15) is 0 Å². The first-order chi connectivity index (χ1) is 11.5. The molecule has 0 spiro atoms. The normalized spacial score (nSPS) is 18.2. The topological polar surface area (TPSA) is 53.4 Å². The van der Waals surface area contributed by atoms with Crippen LogP contribution in [0.1, 0.15) is 42.5 Å². The van der Waals surface area contributed by atoms with Crippen LogP contribution in [0.5, 0.6) is 0 Å². The van der Waals surface area contributed by atoms with Crippen molar-refractivity contribution in [2.75, 3.05) is 13.1 Å². The molecule has 2 aromatic rings. The van der Waals surface area contributed by atoms with Crippen molar-refractivity contribution in [3.63, 3.8) is 0 Å². The van der Waals surface area contributed by atoms with Gasteiger partial charge in [-0.15, -0.1) is 0 Å². The molecule has 4 nitrogen and oxygen atoms in total. The van der Waals surface area contributed by atoms with Crippen LogP contribution in [-0.4, -0.2) is 34.0 Å². The number of hydrogen-bond acceptors (Lipinski definition) is 3. The van der Waals surface area contributed by atoms with Crippen molar-refractivity contribution in [1.29, 1.82) is 0 Å². The van der Waals surface area contributed by atoms with E-state index in [1.165, 1.54) is 5.56 Å². The van der Waals surface area contributed by atoms with Gasteiger partial charge in [0.05, 0.1) is 11.6 Å². The summed E-state index contributed by atoms with van der Waals surface area (Å²) in [7, 11) is 0. The summed E-state index contributed by atoms with van der Waals surface area (Å²) in [5, 5.41) is 10.8. The molecule has 1 amide bonds. The van der Waals surface area contributed by atoms with E-state index in [-0.39, 0.29) is 11.8 Å². The average molecular weight is 324 g/mol. The number of carbonyl (C=O) groups is 1. The molecule has 0 radical (unpaired) electrons. The second-order valence-corrected chi connectivity index (χ2v) is 6.70. The van der Waals surface area contributed by atoms with Crippen LogP contribution in [0.2, 0.25) is 0 Å². The van der Waals surface area contributed by atoms with Gasteiger partial charge in [0.25, 0.3) is 0 Å². The lowest BCUT2D eigenvalue weighted by Gasteiger charge is -2.38. The number of benzene rings is 1. The molecule has 1 aliphatic rings. The van der Waals surface area contributed by atoms with Crippen LogP contribution in [0, 0.1) is 6.92 Å². The Morgan fingerprint density at radius 2 is 1.83 bits per heavy atom. The van der Waals surface area contributed by atoms with E-state index in [0.717, 1.165) is 5.56 Å². The zero-order chi connectivity index (χ0) is 17.2. The van der Waals surface area contributed by atoms with E-state index in [4.69, 9.17) is 0 Å². The van der Waals surface area contributed by atoms with Crippen molar-refractivity contribution >= 4 is 5.91 Å². The number of hydrogen-bond donors (Lipinski definition) is 1. The van der Waals surface area contributed by atoms with Crippen molar-refractivity contribution in [2.24, 2.45) is 0 Å². The van der Waals surface area contributed by atoms with Crippen LogP contribution in [0.25, 0.3) is 0 Å². The number of carbonyl (C=O) groups excluding carboxylic acids is 1. The van der Waals surface area contributed by atoms with E-state index in [9.17, 15) is 9.90 Å². The molecule has 24 heavy (non-hydrogen) atoms. The van der Waals surface area contributed by atoms with Crippen molar-refractivity contribution in [1.82, 2.24) is 9.88 Å². The molecule has 0 aliphatic carbocycles. The second kappa shape index (κ2) is 6.73. The highest BCUT2D eigenvalue weighted by molar-refractivity contribution is 5.83. The minimum Gasteiger partial charge on any atom is -0.383 e. The van der Waals surface area contributed by atoms with Crippen LogP contribution < -0.4 is 0 Å². The van der Waals surface area contributed by atoms with Gasteiger partial charge in [-0.05, 0) is 44.4 Å². The van der Waals surface area contributed by atoms with Crippen molar-refractivity contribution < 1.29 is 9.90 Å². The molecule has 1 aromatic heterocycles. The molecule has 1 aromatic carbocycles. The predicted octanol–water partition coefficient (Wildman–Crippen LogP) is 3.00. The van der Waals surface area contributed by atoms with Gasteiger partial charge in [-0.25, -0.2) is 0 Å². The van der Waals surface area contributed by atoms with Gasteiger partial charge in [0.2, 0.25) is 5.91 Å². The summed E-state index contributed by atoms with van der Waals surface area (Å²) in [6, 6.07) is 13.7. The fraction of sp³-hybridized carbons (Fsp3) is 0.400. The molecule has 1 unspecified atom stereocenters. The Kier molecular flexibility index (Phi) is 4.67. The standard InChI is InChI=1S/C20H24N2O2/c1-15-6-8-17(9-7-15)16(2)19(23)22-13-10-20(24,11-14-22)18-5-3-4-12-21-18/h3-9,12,16,24H,10-11,13-14H2,1-2H3. The summed E-state index contributed by atoms with van der Waals surface area (Å²) in [4.78, 5) is 18.9. The molecule has 2 heterocycles. The molecule has 126 valence electrons. The van der Waals surface area contributed by atoms with Gasteiger partial charge in [0.1, 0.15) is 5.60 Å². The van der Waals surface area contributed by atoms with Crippen molar-refractivity contribution in [2.45, 2.75) is 38.2 Å². The summed E-state index contributed by atoms with van der Waals surface area (Å²) in [6.07, 6.45) is 2.75. The lowest BCUT2D eigenvalue weighted by Crippen LogP contribution is -2.46. The van der Waals surface area contributed by atoms with Gasteiger partial charge in [-0.1, -0.05) is 35.9 Å². The fourth-order valence-corrected chi connectivity index (χ4v) is 3.26. The number of amides is 1. The Labute approximate surface area is 143 Å². The molecule has 1 atom stereocenters. The predicted molar refractivity (Wildman–Crippen MR) is 93.5 cm³/mol. The number of rotatable bonds is 3. The smallest absolute Gasteiger partial charge is 0.229 e. The minimum atomic E-state index is -0.925. The summed E-state index contributed by atoms with van der Waals surface area (Å²) >= 11 is 0. The quantitative estimate of drug-likeness (QED) is 0.944. The first kappa shape index (κ1) is 16.7. The van der Waals surface area contributed by atoms with E-state index in [1.54, 1.807) is 6.20 Å². The maximum absolute atomic E-state index is 12.8. The third-order valence-electron chi connectivity index (χ3n) is 4.99. The Balaban J connectivity index is 1.66. The average Bonchev–Trinajstić information content (AvgIpc) is 2.62. The zero-order valence-electron chi connectivity index (χ0n) is 14.3. The fourth-order valence-electron chi connectivity index (χ4n) is 3.26. The molecule has 1 saturated heterocycles. The van der Waals surface area contributed by atoms with E-state index in [0.29, 0.717) is 31.6 Å². The Bertz CT molecular complexity index is 689. The van der Waals surface area contributed by atoms with Crippen LogP contribution in [0.3, 0.4) is 0 Å². The highest BCUT2D eigenvalue weighted by Crippen LogP contribution is 2.32. The number of aromatic nitrogens is 1. The molecular formula is C20H24N2O2. The first-order valence-electron chi connectivity index (χ1n) is 8.49. The third kappa shape index (κ3) is 3.34. The maximum Gasteiger partial charge on any atom is 0.229 e. The largest absolute Gasteiger partial charge is 0.383 e. The highest BCUT2D eigenvalue weighted by Gasteiger charge is 2.37. The number of pyridine rings is 1. The minimum absolute atomic E-state index is 0.127. The summed E-state index contributed by atoms with van der Waals surface area (Å²) in [5.41, 5.74) is 2.00. The van der Waals surface area contributed by atoms with Gasteiger partial charge < -0.3 is 10.0 Å². The zero-order valence-corrected chi connectivity index (χ0v) is 14.3. The summed E-state index contributed by atoms with van der Waals surface area (Å²) < 4.78 is 0. The van der Waals surface area contributed by atoms with Crippen LogP contribution >= 0.6 is 0 Å². The van der Waals surface area contributed by atoms with Crippen molar-refractivity contribution in [3.05, 3.63) is 65.5 Å². The lowest BCUT2D eigenvalue weighted by molar-refractivity contribution is -0.137. The monoisotopic (exact) mass is 324 g/mol. The van der Waals surface area contributed by atoms with E-state index in [1.807, 2.05) is 61.2 Å². The van der Waals surface area contributed by atoms with E-state index in [2.05, 4.69) is 4.98 Å². The molecule has 1 aliphatic heterocycles. The Morgan fingerprint density at radius 1 is 1.17 bits per heavy atom. The summed E-state index contributed by atoms with van der Waals surface area (Å²) in [6.45, 7) is 5.11. The van der Waals surface area contributed by atoms with E-state index >= 15 is 0 Å². The van der Waals surface area contributed by atoms with Crippen LogP contribution in [0.15, 0.2) is 48.7 Å². The number of likely N-dealkylation sites (tertiary alicyclic amines) is 1. The number of nitrogens with zero attached hydrogens (tertiary/aromatic N) is 2. The SMILES string of the molecule is Cc1ccc(C(C)C(=O)N2CCC(O)(c3ccccn3)CC2)cc1. The third-order valence-corrected chi connectivity index (χ3v) is 4.99. The van der Waals surface area contributed by atoms with Crippen LogP contribution in [-0.2, 0) is 10.4 Å². The molecule has 0 bridgehead atoms. The molecule has 4 heteroatoms. The second-order valence-electron chi connectivity index (χ2n) is 6.70. The number of piperidine rings is 1. The maximum atomic E-state index is 12.8. The molecule has 3 rings (SSSR count). The van der Waals surface area contributed by atoms with Crippen LogP contribution in [0.4, 0.5) is 0 Å². The Morgan fingerprint density at radius 3 is 2.42 bits per heavy atom. The number of aliphatic hydroxyl groups is 1. The lowest BCUT2D eigenvalue weighted by atomic mass is 9.87. The first-order valence-corrected chi connectivity index (χ1v) is 8.49. The van der Waals surface area contributed by atoms with Gasteiger partial charge in [-0.3, -0.25) is 9.78 Å². The summed E-state index contributed by atoms with van der Waals surface area (Å²) in [5.74, 6) is -0.0337. The Hall–Kier alpha value is -2.20. The number of aryl methyl sites for hydroxylation is 1. The highest BCUT2D eigenvalue weighted by atomic mass is 16.3. The molecule has 1 fully saturated rings. The van der Waals surface area contributed by atoms with Gasteiger partial charge in [0, 0.05) is 19.3 Å². The molecule has 0 saturated carbocycles. The molecule has 1 N–H and O–H groups in total.